The number of hydrogen-bond donors (Lipinski definition) is 0. The van der Waals surface area contributed by atoms with E-state index in [-0.39, 0.29) is 0 Å². The molecule has 0 bridgehead atoms. The normalized spacial score (nSPS) is 21.2. The van der Waals surface area contributed by atoms with E-state index in [1.165, 1.54) is 19.4 Å². The minimum absolute atomic E-state index is 0.778. The summed E-state index contributed by atoms with van der Waals surface area (Å²) >= 11 is -4.53. The van der Waals surface area contributed by atoms with Crippen LogP contribution in [-0.2, 0) is 40.5 Å². The van der Waals surface area contributed by atoms with Crippen LogP contribution in [0.5, 0.6) is 0 Å². The molecule has 2 aromatic rings. The molecule has 2 aromatic carbocycles. The minimum atomic E-state index is -2.26. The van der Waals surface area contributed by atoms with Crippen LogP contribution in [0.2, 0.25) is 26.8 Å². The first-order chi connectivity index (χ1) is 13.2. The van der Waals surface area contributed by atoms with Gasteiger partial charge in [-0.1, -0.05) is 0 Å². The van der Waals surface area contributed by atoms with E-state index in [1.807, 2.05) is 0 Å². The Hall–Kier alpha value is -0.314. The summed E-state index contributed by atoms with van der Waals surface area (Å²) in [5.41, 5.74) is 9.52. The molecule has 2 unspecified atom stereocenters. The van der Waals surface area contributed by atoms with E-state index < -0.39 is 40.5 Å². The molecule has 4 rings (SSSR count). The van der Waals surface area contributed by atoms with Crippen molar-refractivity contribution in [2.75, 3.05) is 0 Å². The Kier molecular flexibility index (Phi) is 5.79. The van der Waals surface area contributed by atoms with Crippen LogP contribution in [-0.4, -0.2) is 0 Å². The predicted molar refractivity (Wildman–Crippen MR) is 119 cm³/mol. The summed E-state index contributed by atoms with van der Waals surface area (Å²) in [6.07, 6.45) is 4.93. The van der Waals surface area contributed by atoms with Gasteiger partial charge >= 0.3 is 182 Å². The molecule has 0 aromatic heterocycles. The fourth-order valence-electron chi connectivity index (χ4n) is 5.97. The van der Waals surface area contributed by atoms with Crippen molar-refractivity contribution in [1.82, 2.24) is 0 Å². The Morgan fingerprint density at radius 3 is 1.36 bits per heavy atom. The van der Waals surface area contributed by atoms with E-state index in [0.717, 1.165) is 7.25 Å². The number of allylic oxidation sites excluding steroid dienone is 2. The van der Waals surface area contributed by atoms with Crippen molar-refractivity contribution < 1.29 is 40.5 Å². The quantitative estimate of drug-likeness (QED) is 0.364. The molecule has 2 atom stereocenters. The molecule has 2 aliphatic rings. The first kappa shape index (κ1) is 20.9. The molecule has 0 amide bonds. The summed E-state index contributed by atoms with van der Waals surface area (Å²) in [4.78, 5) is 0. The van der Waals surface area contributed by atoms with Crippen LogP contribution < -0.4 is 0 Å². The summed E-state index contributed by atoms with van der Waals surface area (Å²) in [7, 11) is 0. The first-order valence-electron chi connectivity index (χ1n) is 10.7. The van der Waals surface area contributed by atoms with Gasteiger partial charge in [-0.3, -0.25) is 0 Å². The zero-order valence-corrected chi connectivity index (χ0v) is 23.3. The summed E-state index contributed by atoms with van der Waals surface area (Å²) < 4.78 is 15.5. The Labute approximate surface area is 181 Å². The topological polar surface area (TPSA) is 0 Å². The summed E-state index contributed by atoms with van der Waals surface area (Å²) in [6, 6.07) is 18.3. The molecule has 0 saturated carbocycles. The van der Waals surface area contributed by atoms with Crippen LogP contribution in [0.25, 0.3) is 12.2 Å². The van der Waals surface area contributed by atoms with E-state index in [9.17, 15) is 0 Å². The zero-order chi connectivity index (χ0) is 20.1. The second-order valence-electron chi connectivity index (χ2n) is 10.4. The third kappa shape index (κ3) is 3.74. The van der Waals surface area contributed by atoms with Gasteiger partial charge in [-0.2, -0.15) is 0 Å². The molecule has 28 heavy (non-hydrogen) atoms. The maximum atomic E-state index is 2.71. The second kappa shape index (κ2) is 7.74. The molecule has 0 aliphatic heterocycles. The van der Waals surface area contributed by atoms with Gasteiger partial charge in [0.15, 0.2) is 0 Å². The van der Waals surface area contributed by atoms with Crippen LogP contribution in [0.3, 0.4) is 0 Å². The standard InChI is InChI=1S/2C10H9.C2H4.4CH3.2Zr/c2*1-8-6-9-4-2-3-5-10(9)7-8;1-2;;;;;;/h2*2-7H,1H3;1-2H2;4*1H3;;. The first-order valence-corrected chi connectivity index (χ1v) is 26.9. The molecule has 0 spiro atoms. The molecule has 0 N–H and O–H groups in total. The van der Waals surface area contributed by atoms with Gasteiger partial charge in [-0.25, -0.2) is 0 Å². The van der Waals surface area contributed by atoms with Crippen LogP contribution in [0.4, 0.5) is 0 Å². The molecule has 0 nitrogen and oxygen atoms in total. The van der Waals surface area contributed by atoms with Crippen molar-refractivity contribution in [2.24, 2.45) is 0 Å². The van der Waals surface area contributed by atoms with Crippen molar-refractivity contribution >= 4 is 12.2 Å². The van der Waals surface area contributed by atoms with Crippen LogP contribution >= 0.6 is 0 Å². The molecule has 0 heterocycles. The molecule has 2 heteroatoms. The predicted octanol–water partition coefficient (Wildman–Crippen LogP) is 8.64. The number of rotatable bonds is 5. The van der Waals surface area contributed by atoms with E-state index in [2.05, 4.69) is 93.1 Å². The molecule has 0 radical (unpaired) electrons. The Morgan fingerprint density at radius 1 is 0.607 bits per heavy atom. The van der Waals surface area contributed by atoms with Crippen molar-refractivity contribution in [3.8, 4) is 0 Å². The summed E-state index contributed by atoms with van der Waals surface area (Å²) in [6.45, 7) is 4.77. The SMILES string of the molecule is CC1=Cc2ccccc2[CH]1[Zr]([CH3])([CH3])[CH2][CH2][Zr]([CH3])([CH3])[CH]1C(C)=Cc2ccccc21. The average molecular weight is 529 g/mol. The second-order valence-corrected chi connectivity index (χ2v) is 35.2. The van der Waals surface area contributed by atoms with Gasteiger partial charge in [0.2, 0.25) is 0 Å². The molecular weight excluding hydrogens is 495 g/mol. The van der Waals surface area contributed by atoms with E-state index >= 15 is 0 Å². The fourth-order valence-corrected chi connectivity index (χ4v) is 41.2. The van der Waals surface area contributed by atoms with Gasteiger partial charge in [0.05, 0.1) is 0 Å². The fraction of sp³-hybridized carbons (Fsp3) is 0.385. The van der Waals surface area contributed by atoms with E-state index in [1.54, 1.807) is 22.3 Å². The van der Waals surface area contributed by atoms with Crippen molar-refractivity contribution in [3.63, 3.8) is 0 Å². The van der Waals surface area contributed by atoms with Gasteiger partial charge < -0.3 is 0 Å². The number of hydrogen-bond acceptors (Lipinski definition) is 0. The van der Waals surface area contributed by atoms with Crippen molar-refractivity contribution in [2.45, 2.75) is 47.9 Å². The maximum absolute atomic E-state index is 2.71. The van der Waals surface area contributed by atoms with Crippen LogP contribution in [0.15, 0.2) is 59.7 Å². The summed E-state index contributed by atoms with van der Waals surface area (Å²) in [5.74, 6) is 0. The van der Waals surface area contributed by atoms with Gasteiger partial charge in [0, 0.05) is 0 Å². The zero-order valence-electron chi connectivity index (χ0n) is 18.3. The number of fused-ring (bicyclic) bond motifs is 2. The molecule has 146 valence electrons. The van der Waals surface area contributed by atoms with Gasteiger partial charge in [-0.15, -0.1) is 0 Å². The van der Waals surface area contributed by atoms with Gasteiger partial charge in [0.25, 0.3) is 0 Å². The molecular formula is C26H34Zr2. The Balaban J connectivity index is 1.56. The monoisotopic (exact) mass is 526 g/mol. The summed E-state index contributed by atoms with van der Waals surface area (Å²) in [5, 5.41) is 0. The third-order valence-corrected chi connectivity index (χ3v) is 29.3. The van der Waals surface area contributed by atoms with Crippen molar-refractivity contribution in [1.29, 1.82) is 0 Å². The molecule has 0 fully saturated rings. The van der Waals surface area contributed by atoms with Crippen LogP contribution in [0, 0.1) is 0 Å². The number of benzene rings is 2. The van der Waals surface area contributed by atoms with E-state index in [0.29, 0.717) is 0 Å². The average Bonchev–Trinajstić information content (AvgIpc) is 3.16. The Bertz CT molecular complexity index is 882. The van der Waals surface area contributed by atoms with Crippen LogP contribution in [0.1, 0.15) is 43.4 Å². The third-order valence-electron chi connectivity index (χ3n) is 7.27. The van der Waals surface area contributed by atoms with Crippen molar-refractivity contribution in [3.05, 3.63) is 81.9 Å². The molecule has 2 aliphatic carbocycles. The van der Waals surface area contributed by atoms with E-state index in [4.69, 9.17) is 0 Å². The Morgan fingerprint density at radius 2 is 0.964 bits per heavy atom. The van der Waals surface area contributed by atoms with Gasteiger partial charge in [0.1, 0.15) is 0 Å². The van der Waals surface area contributed by atoms with Gasteiger partial charge in [-0.05, 0) is 0 Å². The molecule has 0 saturated heterocycles.